The van der Waals surface area contributed by atoms with Crippen molar-refractivity contribution in [2.45, 2.75) is 38.8 Å². The topological polar surface area (TPSA) is 61.4 Å². The van der Waals surface area contributed by atoms with Crippen LogP contribution in [0.2, 0.25) is 0 Å². The molecule has 0 unspecified atom stereocenters. The van der Waals surface area contributed by atoms with E-state index >= 15 is 0 Å². The van der Waals surface area contributed by atoms with Crippen LogP contribution >= 0.6 is 0 Å². The maximum Gasteiger partial charge on any atom is 0.317 e. The number of piperazine rings is 1. The maximum atomic E-state index is 12.8. The second-order valence-electron chi connectivity index (χ2n) is 7.01. The van der Waals surface area contributed by atoms with Crippen molar-refractivity contribution in [1.29, 1.82) is 0 Å². The molecule has 2 aromatic heterocycles. The van der Waals surface area contributed by atoms with Crippen molar-refractivity contribution in [3.05, 3.63) is 60.2 Å². The number of hydrogen-bond donors (Lipinski definition) is 1. The molecule has 1 fully saturated rings. The molecule has 0 saturated carbocycles. The van der Waals surface area contributed by atoms with Crippen molar-refractivity contribution in [3.8, 4) is 0 Å². The summed E-state index contributed by atoms with van der Waals surface area (Å²) in [5, 5.41) is 3.22. The Morgan fingerprint density at radius 3 is 2.67 bits per heavy atom. The Balaban J connectivity index is 1.51. The molecule has 1 aliphatic heterocycles. The summed E-state index contributed by atoms with van der Waals surface area (Å²) in [6, 6.07) is 10.0. The zero-order valence-corrected chi connectivity index (χ0v) is 16.1. The lowest BCUT2D eigenvalue weighted by Crippen LogP contribution is -2.52. The zero-order valence-electron chi connectivity index (χ0n) is 16.1. The lowest BCUT2D eigenvalue weighted by atomic mass is 10.0. The minimum Gasteiger partial charge on any atom is -0.331 e. The molecule has 1 saturated heterocycles. The first kappa shape index (κ1) is 19.3. The molecule has 6 nitrogen and oxygen atoms in total. The number of urea groups is 1. The van der Waals surface area contributed by atoms with E-state index in [1.165, 1.54) is 0 Å². The van der Waals surface area contributed by atoms with Crippen molar-refractivity contribution in [1.82, 2.24) is 25.1 Å². The number of carbonyl (C=O) groups excluding carboxylic acids is 1. The van der Waals surface area contributed by atoms with Crippen LogP contribution < -0.4 is 5.32 Å². The predicted molar refractivity (Wildman–Crippen MR) is 106 cm³/mol. The van der Waals surface area contributed by atoms with E-state index in [9.17, 15) is 4.79 Å². The van der Waals surface area contributed by atoms with Crippen molar-refractivity contribution < 1.29 is 4.79 Å². The number of hydrogen-bond acceptors (Lipinski definition) is 4. The molecule has 0 aliphatic carbocycles. The van der Waals surface area contributed by atoms with Crippen LogP contribution in [0.3, 0.4) is 0 Å². The molecule has 3 rings (SSSR count). The summed E-state index contributed by atoms with van der Waals surface area (Å²) < 4.78 is 0. The van der Waals surface area contributed by atoms with Crippen LogP contribution in [0.15, 0.2) is 48.9 Å². The van der Waals surface area contributed by atoms with Gasteiger partial charge in [-0.25, -0.2) is 4.79 Å². The molecule has 1 atom stereocenters. The van der Waals surface area contributed by atoms with Crippen molar-refractivity contribution >= 4 is 6.03 Å². The van der Waals surface area contributed by atoms with Gasteiger partial charge in [0.25, 0.3) is 0 Å². The number of nitrogens with one attached hydrogen (secondary N) is 1. The lowest BCUT2D eigenvalue weighted by molar-refractivity contribution is 0.132. The number of carbonyl (C=O) groups is 1. The maximum absolute atomic E-state index is 12.8. The number of aromatic nitrogens is 2. The van der Waals surface area contributed by atoms with Crippen LogP contribution in [0.25, 0.3) is 0 Å². The summed E-state index contributed by atoms with van der Waals surface area (Å²) in [4.78, 5) is 25.6. The van der Waals surface area contributed by atoms with E-state index in [2.05, 4.69) is 27.1 Å². The van der Waals surface area contributed by atoms with Gasteiger partial charge in [0.2, 0.25) is 0 Å². The van der Waals surface area contributed by atoms with Crippen LogP contribution in [0.4, 0.5) is 4.79 Å². The van der Waals surface area contributed by atoms with Crippen molar-refractivity contribution in [2.24, 2.45) is 0 Å². The van der Waals surface area contributed by atoms with Crippen LogP contribution in [0.5, 0.6) is 0 Å². The minimum absolute atomic E-state index is 0.0254. The van der Waals surface area contributed by atoms with Gasteiger partial charge in [0.05, 0.1) is 11.7 Å². The van der Waals surface area contributed by atoms with Crippen LogP contribution in [0, 0.1) is 0 Å². The molecular formula is C21H29N5O. The first-order valence-corrected chi connectivity index (χ1v) is 9.84. The minimum atomic E-state index is 0.0254. The number of pyridine rings is 2. The van der Waals surface area contributed by atoms with E-state index in [0.717, 1.165) is 63.2 Å². The predicted octanol–water partition coefficient (Wildman–Crippen LogP) is 3.24. The van der Waals surface area contributed by atoms with Gasteiger partial charge in [0, 0.05) is 51.3 Å². The highest BCUT2D eigenvalue weighted by atomic mass is 16.2. The van der Waals surface area contributed by atoms with Gasteiger partial charge >= 0.3 is 6.03 Å². The van der Waals surface area contributed by atoms with Gasteiger partial charge in [-0.2, -0.15) is 0 Å². The summed E-state index contributed by atoms with van der Waals surface area (Å²) in [7, 11) is 0. The normalized spacial score (nSPS) is 16.1. The fourth-order valence-corrected chi connectivity index (χ4v) is 3.38. The Kier molecular flexibility index (Phi) is 7.16. The number of amides is 2. The Labute approximate surface area is 161 Å². The average molecular weight is 367 g/mol. The summed E-state index contributed by atoms with van der Waals surface area (Å²) in [5.74, 6) is 0. The third kappa shape index (κ3) is 5.76. The number of rotatable bonds is 7. The largest absolute Gasteiger partial charge is 0.331 e. The van der Waals surface area contributed by atoms with Gasteiger partial charge in [-0.15, -0.1) is 0 Å². The Bertz CT molecular complexity index is 686. The highest BCUT2D eigenvalue weighted by Crippen LogP contribution is 2.19. The third-order valence-electron chi connectivity index (χ3n) is 5.00. The molecule has 0 spiro atoms. The van der Waals surface area contributed by atoms with Crippen molar-refractivity contribution in [3.63, 3.8) is 0 Å². The van der Waals surface area contributed by atoms with Gasteiger partial charge < -0.3 is 10.2 Å². The first-order valence-electron chi connectivity index (χ1n) is 9.84. The van der Waals surface area contributed by atoms with E-state index in [-0.39, 0.29) is 12.1 Å². The molecule has 2 amide bonds. The molecule has 0 bridgehead atoms. The summed E-state index contributed by atoms with van der Waals surface area (Å²) >= 11 is 0. The molecule has 0 radical (unpaired) electrons. The smallest absolute Gasteiger partial charge is 0.317 e. The molecule has 144 valence electrons. The van der Waals surface area contributed by atoms with Gasteiger partial charge in [0.15, 0.2) is 0 Å². The number of nitrogens with zero attached hydrogens (tertiary/aromatic N) is 4. The first-order chi connectivity index (χ1) is 13.3. The standard InChI is InChI=1S/C21H29N5O/c1-2-3-9-20(18-7-6-10-22-16-18)24-21(27)26-14-12-25(13-15-26)17-19-8-4-5-11-23-19/h4-8,10-11,16,20H,2-3,9,12-15,17H2,1H3,(H,24,27)/t20-/m1/s1. The van der Waals surface area contributed by atoms with Crippen LogP contribution in [0.1, 0.15) is 43.5 Å². The molecular weight excluding hydrogens is 338 g/mol. The fraction of sp³-hybridized carbons (Fsp3) is 0.476. The second kappa shape index (κ2) is 10.0. The van der Waals surface area contributed by atoms with Gasteiger partial charge in [0.1, 0.15) is 0 Å². The second-order valence-corrected chi connectivity index (χ2v) is 7.01. The van der Waals surface area contributed by atoms with Crippen molar-refractivity contribution in [2.75, 3.05) is 26.2 Å². The van der Waals surface area contributed by atoms with Crippen LogP contribution in [-0.2, 0) is 6.54 Å². The third-order valence-corrected chi connectivity index (χ3v) is 5.00. The van der Waals surface area contributed by atoms with Gasteiger partial charge in [-0.05, 0) is 30.2 Å². The van der Waals surface area contributed by atoms with E-state index in [0.29, 0.717) is 0 Å². The van der Waals surface area contributed by atoms with E-state index in [1.54, 1.807) is 6.20 Å². The average Bonchev–Trinajstić information content (AvgIpc) is 2.73. The van der Waals surface area contributed by atoms with E-state index in [1.807, 2.05) is 47.6 Å². The molecule has 2 aromatic rings. The monoisotopic (exact) mass is 367 g/mol. The van der Waals surface area contributed by atoms with Gasteiger partial charge in [-0.1, -0.05) is 31.9 Å². The highest BCUT2D eigenvalue weighted by molar-refractivity contribution is 5.74. The van der Waals surface area contributed by atoms with E-state index in [4.69, 9.17) is 0 Å². The highest BCUT2D eigenvalue weighted by Gasteiger charge is 2.23. The SMILES string of the molecule is CCCC[C@@H](NC(=O)N1CCN(Cc2ccccn2)CC1)c1cccnc1. The zero-order chi connectivity index (χ0) is 18.9. The van der Waals surface area contributed by atoms with Gasteiger partial charge in [-0.3, -0.25) is 14.9 Å². The Hall–Kier alpha value is -2.47. The fourth-order valence-electron chi connectivity index (χ4n) is 3.38. The molecule has 1 N–H and O–H groups in total. The van der Waals surface area contributed by atoms with Crippen LogP contribution in [-0.4, -0.2) is 52.0 Å². The molecule has 0 aromatic carbocycles. The summed E-state index contributed by atoms with van der Waals surface area (Å²) in [6.07, 6.45) is 8.58. The quantitative estimate of drug-likeness (QED) is 0.816. The molecule has 3 heterocycles. The Morgan fingerprint density at radius 1 is 1.15 bits per heavy atom. The van der Waals surface area contributed by atoms with E-state index < -0.39 is 0 Å². The Morgan fingerprint density at radius 2 is 2.00 bits per heavy atom. The molecule has 1 aliphatic rings. The summed E-state index contributed by atoms with van der Waals surface area (Å²) in [6.45, 7) is 6.24. The molecule has 6 heteroatoms. The number of unbranched alkanes of at least 4 members (excludes halogenated alkanes) is 1. The molecule has 27 heavy (non-hydrogen) atoms. The lowest BCUT2D eigenvalue weighted by Gasteiger charge is -2.35. The summed E-state index contributed by atoms with van der Waals surface area (Å²) in [5.41, 5.74) is 2.15.